The number of nitrogens with zero attached hydrogens (tertiary/aromatic N) is 6. The summed E-state index contributed by atoms with van der Waals surface area (Å²) in [6.45, 7) is 0.717. The average Bonchev–Trinajstić information content (AvgIpc) is 3.57. The van der Waals surface area contributed by atoms with E-state index in [1.165, 1.54) is 17.3 Å². The lowest BCUT2D eigenvalue weighted by Gasteiger charge is -2.45. The fraction of sp³-hybridized carbons (Fsp3) is 0.296. The molecule has 2 aliphatic rings. The van der Waals surface area contributed by atoms with Crippen molar-refractivity contribution in [2.45, 2.75) is 31.3 Å². The number of rotatable bonds is 6. The van der Waals surface area contributed by atoms with Gasteiger partial charge in [-0.1, -0.05) is 18.2 Å². The van der Waals surface area contributed by atoms with Crippen molar-refractivity contribution in [1.82, 2.24) is 29.4 Å². The molecule has 194 valence electrons. The highest BCUT2D eigenvalue weighted by Gasteiger charge is 2.42. The highest BCUT2D eigenvalue weighted by atomic mass is 16.5. The van der Waals surface area contributed by atoms with Crippen molar-refractivity contribution < 1.29 is 14.3 Å². The molecule has 38 heavy (non-hydrogen) atoms. The number of carbonyl (C=O) groups excluding carboxylic acids is 2. The maximum Gasteiger partial charge on any atom is 0.346 e. The summed E-state index contributed by atoms with van der Waals surface area (Å²) >= 11 is 0. The van der Waals surface area contributed by atoms with Crippen molar-refractivity contribution in [1.29, 1.82) is 0 Å². The first kappa shape index (κ1) is 23.7. The molecule has 4 aromatic rings. The molecule has 11 heteroatoms. The monoisotopic (exact) mass is 512 g/mol. The van der Waals surface area contributed by atoms with Gasteiger partial charge in [0.1, 0.15) is 41.2 Å². The number of nitrogens with two attached hydrogens (primary N) is 1. The van der Waals surface area contributed by atoms with E-state index in [2.05, 4.69) is 15.4 Å². The number of fused-ring (bicyclic) bond motifs is 1. The van der Waals surface area contributed by atoms with E-state index in [0.29, 0.717) is 28.7 Å². The number of primary amides is 1. The van der Waals surface area contributed by atoms with Gasteiger partial charge in [-0.3, -0.25) is 4.79 Å². The molecule has 0 radical (unpaired) electrons. The van der Waals surface area contributed by atoms with E-state index < -0.39 is 5.91 Å². The molecule has 2 aromatic heterocycles. The quantitative estimate of drug-likeness (QED) is 0.402. The van der Waals surface area contributed by atoms with E-state index in [-0.39, 0.29) is 18.1 Å². The second-order valence-electron chi connectivity index (χ2n) is 9.72. The van der Waals surface area contributed by atoms with Crippen LogP contribution in [0, 0.1) is 5.92 Å². The summed E-state index contributed by atoms with van der Waals surface area (Å²) in [6.07, 6.45) is 5.31. The van der Waals surface area contributed by atoms with Gasteiger partial charge in [0.2, 0.25) is 0 Å². The highest BCUT2D eigenvalue weighted by molar-refractivity contribution is 6.03. The summed E-state index contributed by atoms with van der Waals surface area (Å²) in [5, 5.41) is 12.2. The van der Waals surface area contributed by atoms with Crippen LogP contribution in [0.25, 0.3) is 11.3 Å². The normalized spacial score (nSPS) is 20.1. The van der Waals surface area contributed by atoms with E-state index in [0.717, 1.165) is 37.1 Å². The third-order valence-electron chi connectivity index (χ3n) is 7.47. The van der Waals surface area contributed by atoms with E-state index in [1.807, 2.05) is 59.3 Å². The average molecular weight is 513 g/mol. The molecule has 6 rings (SSSR count). The smallest absolute Gasteiger partial charge is 0.346 e. The molecule has 0 bridgehead atoms. The molecule has 1 unspecified atom stereocenters. The molecular weight excluding hydrogens is 484 g/mol. The number of ether oxygens (including phenoxy) is 1. The van der Waals surface area contributed by atoms with Gasteiger partial charge in [-0.05, 0) is 61.6 Å². The Morgan fingerprint density at radius 1 is 1.08 bits per heavy atom. The fourth-order valence-electron chi connectivity index (χ4n) is 5.37. The van der Waals surface area contributed by atoms with Crippen LogP contribution in [0.15, 0.2) is 67.3 Å². The largest absolute Gasteiger partial charge is 0.457 e. The van der Waals surface area contributed by atoms with Crippen LogP contribution in [-0.2, 0) is 0 Å². The van der Waals surface area contributed by atoms with Gasteiger partial charge in [0.15, 0.2) is 0 Å². The van der Waals surface area contributed by atoms with Crippen LogP contribution >= 0.6 is 0 Å². The van der Waals surface area contributed by atoms with Crippen molar-refractivity contribution in [2.24, 2.45) is 11.7 Å². The SMILES string of the molecule is CN(C(=O)n1cncn1)C1CC(C2CCNc3c(C(N)=O)c(-c4ccc(Oc5ccccc5)cc4)nn32)C1. The summed E-state index contributed by atoms with van der Waals surface area (Å²) in [6, 6.07) is 17.0. The zero-order valence-corrected chi connectivity index (χ0v) is 20.9. The first-order valence-electron chi connectivity index (χ1n) is 12.6. The molecule has 2 aromatic carbocycles. The van der Waals surface area contributed by atoms with Gasteiger partial charge in [-0.2, -0.15) is 14.9 Å². The van der Waals surface area contributed by atoms with Crippen molar-refractivity contribution >= 4 is 17.8 Å². The summed E-state index contributed by atoms with van der Waals surface area (Å²) in [5.74, 6) is 1.88. The van der Waals surface area contributed by atoms with Crippen LogP contribution in [0.3, 0.4) is 0 Å². The maximum atomic E-state index is 12.6. The summed E-state index contributed by atoms with van der Waals surface area (Å²) in [7, 11) is 1.79. The number of aromatic nitrogens is 5. The van der Waals surface area contributed by atoms with Crippen LogP contribution in [-0.4, -0.2) is 61.0 Å². The number of hydrogen-bond donors (Lipinski definition) is 2. The molecule has 0 saturated heterocycles. The molecule has 0 spiro atoms. The molecule has 2 amide bonds. The van der Waals surface area contributed by atoms with Crippen molar-refractivity contribution in [2.75, 3.05) is 18.9 Å². The van der Waals surface area contributed by atoms with Gasteiger partial charge in [0, 0.05) is 25.2 Å². The number of hydrogen-bond acceptors (Lipinski definition) is 7. The Kier molecular flexibility index (Phi) is 6.02. The Balaban J connectivity index is 1.22. The molecular formula is C27H28N8O3. The highest BCUT2D eigenvalue weighted by Crippen LogP contribution is 2.45. The summed E-state index contributed by atoms with van der Waals surface area (Å²) in [5.41, 5.74) is 7.57. The second kappa shape index (κ2) is 9.66. The van der Waals surface area contributed by atoms with Gasteiger partial charge in [-0.15, -0.1) is 0 Å². The zero-order chi connectivity index (χ0) is 26.2. The van der Waals surface area contributed by atoms with E-state index in [4.69, 9.17) is 15.6 Å². The van der Waals surface area contributed by atoms with Crippen molar-refractivity contribution in [3.05, 3.63) is 72.8 Å². The first-order valence-corrected chi connectivity index (χ1v) is 12.6. The number of benzene rings is 2. The topological polar surface area (TPSA) is 133 Å². The Labute approximate surface area is 219 Å². The van der Waals surface area contributed by atoms with Gasteiger partial charge < -0.3 is 20.7 Å². The van der Waals surface area contributed by atoms with Crippen LogP contribution in [0.1, 0.15) is 35.7 Å². The Bertz CT molecular complexity index is 1440. The molecule has 11 nitrogen and oxygen atoms in total. The fourth-order valence-corrected chi connectivity index (χ4v) is 5.37. The maximum absolute atomic E-state index is 12.6. The molecule has 3 N–H and O–H groups in total. The number of amides is 2. The Hall–Kier alpha value is -4.67. The molecule has 1 fully saturated rings. The Morgan fingerprint density at radius 3 is 2.50 bits per heavy atom. The zero-order valence-electron chi connectivity index (χ0n) is 20.9. The van der Waals surface area contributed by atoms with Gasteiger partial charge in [-0.25, -0.2) is 14.5 Å². The minimum atomic E-state index is -0.524. The first-order chi connectivity index (χ1) is 18.5. The van der Waals surface area contributed by atoms with Gasteiger partial charge in [0.25, 0.3) is 5.91 Å². The number of para-hydroxylation sites is 1. The molecule has 1 aliphatic heterocycles. The predicted octanol–water partition coefficient (Wildman–Crippen LogP) is 3.77. The molecule has 1 aliphatic carbocycles. The van der Waals surface area contributed by atoms with Gasteiger partial charge >= 0.3 is 6.03 Å². The third kappa shape index (κ3) is 4.25. The van der Waals surface area contributed by atoms with Crippen LogP contribution < -0.4 is 15.8 Å². The van der Waals surface area contributed by atoms with Crippen molar-refractivity contribution in [3.8, 4) is 22.8 Å². The summed E-state index contributed by atoms with van der Waals surface area (Å²) < 4.78 is 9.07. The standard InChI is InChI=1S/C27H28N8O3/c1-33(27(37)34-16-29-15-31-34)19-13-18(14-19)22-11-12-30-26-23(25(28)36)24(32-35(22)26)17-7-9-21(10-8-17)38-20-5-3-2-4-6-20/h2-10,15-16,18-19,22,30H,11-14H2,1H3,(H2,28,36). The molecule has 3 heterocycles. The molecule has 1 atom stereocenters. The van der Waals surface area contributed by atoms with E-state index in [9.17, 15) is 9.59 Å². The van der Waals surface area contributed by atoms with Crippen LogP contribution in [0.4, 0.5) is 10.6 Å². The van der Waals surface area contributed by atoms with Crippen LogP contribution in [0.2, 0.25) is 0 Å². The predicted molar refractivity (Wildman–Crippen MR) is 140 cm³/mol. The molecule has 1 saturated carbocycles. The lowest BCUT2D eigenvalue weighted by molar-refractivity contribution is 0.0764. The summed E-state index contributed by atoms with van der Waals surface area (Å²) in [4.78, 5) is 30.8. The number of nitrogens with one attached hydrogen (secondary N) is 1. The van der Waals surface area contributed by atoms with E-state index in [1.54, 1.807) is 11.9 Å². The van der Waals surface area contributed by atoms with Crippen LogP contribution in [0.5, 0.6) is 11.5 Å². The number of carbonyl (C=O) groups is 2. The minimum absolute atomic E-state index is 0.102. The second-order valence-corrected chi connectivity index (χ2v) is 9.72. The van der Waals surface area contributed by atoms with E-state index >= 15 is 0 Å². The van der Waals surface area contributed by atoms with Gasteiger partial charge in [0.05, 0.1) is 6.04 Å². The Morgan fingerprint density at radius 2 is 1.82 bits per heavy atom. The minimum Gasteiger partial charge on any atom is -0.457 e. The third-order valence-corrected chi connectivity index (χ3v) is 7.47. The lowest BCUT2D eigenvalue weighted by atomic mass is 9.73. The van der Waals surface area contributed by atoms with Crippen molar-refractivity contribution in [3.63, 3.8) is 0 Å². The lowest BCUT2D eigenvalue weighted by Crippen LogP contribution is -2.49. The number of anilines is 1.